The highest BCUT2D eigenvalue weighted by Gasteiger charge is 2.20. The van der Waals surface area contributed by atoms with Gasteiger partial charge >= 0.3 is 0 Å². The second-order valence-corrected chi connectivity index (χ2v) is 6.51. The molecule has 0 spiro atoms. The number of piperidine rings is 1. The van der Waals surface area contributed by atoms with Crippen LogP contribution in [-0.4, -0.2) is 17.5 Å². The minimum absolute atomic E-state index is 0.0431. The van der Waals surface area contributed by atoms with E-state index in [-0.39, 0.29) is 5.43 Å². The molecule has 1 saturated heterocycles. The summed E-state index contributed by atoms with van der Waals surface area (Å²) in [6.45, 7) is 3.84. The molecule has 2 aromatic rings. The predicted molar refractivity (Wildman–Crippen MR) is 86.2 cm³/mol. The van der Waals surface area contributed by atoms with Gasteiger partial charge in [0, 0.05) is 23.2 Å². The third-order valence-corrected chi connectivity index (χ3v) is 4.68. The van der Waals surface area contributed by atoms with Gasteiger partial charge in [-0.1, -0.05) is 29.6 Å². The summed E-state index contributed by atoms with van der Waals surface area (Å²) in [5.41, 5.74) is 1.02. The van der Waals surface area contributed by atoms with E-state index in [4.69, 9.17) is 27.6 Å². The molecule has 112 valence electrons. The molecule has 0 aliphatic carbocycles. The Bertz CT molecular complexity index is 726. The van der Waals surface area contributed by atoms with Gasteiger partial charge in [0.2, 0.25) is 0 Å². The van der Waals surface area contributed by atoms with Crippen LogP contribution in [0.2, 0.25) is 10.0 Å². The zero-order valence-corrected chi connectivity index (χ0v) is 13.4. The van der Waals surface area contributed by atoms with E-state index >= 15 is 0 Å². The average Bonchev–Trinajstić information content (AvgIpc) is 2.44. The van der Waals surface area contributed by atoms with Crippen LogP contribution in [0.1, 0.15) is 31.7 Å². The van der Waals surface area contributed by atoms with Gasteiger partial charge in [-0.15, -0.1) is 0 Å². The largest absolute Gasteiger partial charge is 0.462 e. The van der Waals surface area contributed by atoms with E-state index in [1.807, 2.05) is 0 Å². The minimum atomic E-state index is -0.0431. The van der Waals surface area contributed by atoms with E-state index < -0.39 is 0 Å². The molecule has 0 radical (unpaired) electrons. The van der Waals surface area contributed by atoms with Crippen LogP contribution in [-0.2, 0) is 6.54 Å². The summed E-state index contributed by atoms with van der Waals surface area (Å²) in [7, 11) is 0. The van der Waals surface area contributed by atoms with Crippen molar-refractivity contribution in [2.45, 2.75) is 38.8 Å². The van der Waals surface area contributed by atoms with Crippen LogP contribution in [0.3, 0.4) is 0 Å². The van der Waals surface area contributed by atoms with Gasteiger partial charge in [0.15, 0.2) is 11.0 Å². The number of hydrogen-bond donors (Lipinski definition) is 0. The maximum Gasteiger partial charge on any atom is 0.197 e. The average molecular weight is 326 g/mol. The molecule has 3 nitrogen and oxygen atoms in total. The zero-order valence-electron chi connectivity index (χ0n) is 11.9. The van der Waals surface area contributed by atoms with Crippen LogP contribution in [0.15, 0.2) is 27.6 Å². The molecule has 2 heterocycles. The minimum Gasteiger partial charge on any atom is -0.462 e. The first-order chi connectivity index (χ1) is 10.1. The number of benzene rings is 1. The van der Waals surface area contributed by atoms with Gasteiger partial charge in [-0.25, -0.2) is 0 Å². The Morgan fingerprint density at radius 3 is 2.90 bits per heavy atom. The molecule has 3 rings (SSSR count). The Morgan fingerprint density at radius 1 is 1.33 bits per heavy atom. The van der Waals surface area contributed by atoms with Gasteiger partial charge in [0.25, 0.3) is 0 Å². The molecule has 1 unspecified atom stereocenters. The molecule has 1 fully saturated rings. The van der Waals surface area contributed by atoms with Gasteiger partial charge in [0.1, 0.15) is 0 Å². The third kappa shape index (κ3) is 2.96. The second kappa shape index (κ2) is 5.99. The Kier molecular flexibility index (Phi) is 4.25. The molecule has 1 aromatic carbocycles. The quantitative estimate of drug-likeness (QED) is 0.816. The maximum absolute atomic E-state index is 12.6. The highest BCUT2D eigenvalue weighted by atomic mass is 35.5. The van der Waals surface area contributed by atoms with Crippen LogP contribution >= 0.6 is 23.2 Å². The normalized spacial score (nSPS) is 20.0. The molecule has 0 N–H and O–H groups in total. The molecule has 21 heavy (non-hydrogen) atoms. The Hall–Kier alpha value is -1.03. The summed E-state index contributed by atoms with van der Waals surface area (Å²) in [6.07, 6.45) is 5.15. The molecule has 5 heteroatoms. The Balaban J connectivity index is 2.00. The van der Waals surface area contributed by atoms with Crippen molar-refractivity contribution in [3.63, 3.8) is 0 Å². The molecule has 0 bridgehead atoms. The molecule has 1 aliphatic heterocycles. The number of halogens is 2. The monoisotopic (exact) mass is 325 g/mol. The van der Waals surface area contributed by atoms with E-state index in [1.165, 1.54) is 25.5 Å². The SMILES string of the molecule is CC1CCCCN1Cc1coc2c(Cl)cc(Cl)cc2c1=O. The van der Waals surface area contributed by atoms with Crippen LogP contribution in [0.5, 0.6) is 0 Å². The van der Waals surface area contributed by atoms with Crippen molar-refractivity contribution >= 4 is 34.2 Å². The number of nitrogens with zero attached hydrogens (tertiary/aromatic N) is 1. The Labute approximate surface area is 133 Å². The smallest absolute Gasteiger partial charge is 0.197 e. The third-order valence-electron chi connectivity index (χ3n) is 4.18. The lowest BCUT2D eigenvalue weighted by Gasteiger charge is -2.32. The van der Waals surface area contributed by atoms with Crippen LogP contribution < -0.4 is 5.43 Å². The molecule has 0 amide bonds. The number of rotatable bonds is 2. The highest BCUT2D eigenvalue weighted by molar-refractivity contribution is 6.38. The molecular weight excluding hydrogens is 309 g/mol. The topological polar surface area (TPSA) is 33.5 Å². The molecule has 1 aliphatic rings. The lowest BCUT2D eigenvalue weighted by atomic mass is 10.0. The number of fused-ring (bicyclic) bond motifs is 1. The van der Waals surface area contributed by atoms with Gasteiger partial charge in [-0.05, 0) is 38.4 Å². The van der Waals surface area contributed by atoms with Gasteiger partial charge in [-0.3, -0.25) is 9.69 Å². The molecule has 1 atom stereocenters. The van der Waals surface area contributed by atoms with E-state index in [0.717, 1.165) is 6.54 Å². The van der Waals surface area contributed by atoms with Crippen molar-refractivity contribution in [3.05, 3.63) is 44.2 Å². The predicted octanol–water partition coefficient (Wildman–Crippen LogP) is 4.47. The van der Waals surface area contributed by atoms with Crippen molar-refractivity contribution < 1.29 is 4.42 Å². The van der Waals surface area contributed by atoms with Crippen molar-refractivity contribution in [1.82, 2.24) is 4.90 Å². The fraction of sp³-hybridized carbons (Fsp3) is 0.438. The van der Waals surface area contributed by atoms with Crippen molar-refractivity contribution in [3.8, 4) is 0 Å². The van der Waals surface area contributed by atoms with Crippen molar-refractivity contribution in [2.75, 3.05) is 6.54 Å². The molecule has 0 saturated carbocycles. The van der Waals surface area contributed by atoms with Gasteiger partial charge in [-0.2, -0.15) is 0 Å². The van der Waals surface area contributed by atoms with E-state index in [2.05, 4.69) is 11.8 Å². The van der Waals surface area contributed by atoms with Crippen LogP contribution in [0.25, 0.3) is 11.0 Å². The molecule has 1 aromatic heterocycles. The van der Waals surface area contributed by atoms with Gasteiger partial charge in [0.05, 0.1) is 16.7 Å². The summed E-state index contributed by atoms with van der Waals surface area (Å²) in [5.74, 6) is 0. The number of likely N-dealkylation sites (tertiary alicyclic amines) is 1. The fourth-order valence-electron chi connectivity index (χ4n) is 2.93. The summed E-state index contributed by atoms with van der Waals surface area (Å²) < 4.78 is 5.57. The van der Waals surface area contributed by atoms with E-state index in [0.29, 0.717) is 39.2 Å². The molecular formula is C16H17Cl2NO2. The summed E-state index contributed by atoms with van der Waals surface area (Å²) in [4.78, 5) is 14.9. The standard InChI is InChI=1S/C16H17Cl2NO2/c1-10-4-2-3-5-19(10)8-11-9-21-16-13(15(11)20)6-12(17)7-14(16)18/h6-7,9-10H,2-5,8H2,1H3. The van der Waals surface area contributed by atoms with Gasteiger partial charge < -0.3 is 4.42 Å². The second-order valence-electron chi connectivity index (χ2n) is 5.67. The van der Waals surface area contributed by atoms with Crippen LogP contribution in [0, 0.1) is 0 Å². The summed E-state index contributed by atoms with van der Waals surface area (Å²) in [5, 5.41) is 1.27. The van der Waals surface area contributed by atoms with Crippen LogP contribution in [0.4, 0.5) is 0 Å². The van der Waals surface area contributed by atoms with Crippen molar-refractivity contribution in [2.24, 2.45) is 0 Å². The first-order valence-corrected chi connectivity index (χ1v) is 7.95. The lowest BCUT2D eigenvalue weighted by Crippen LogP contribution is -2.37. The van der Waals surface area contributed by atoms with E-state index in [9.17, 15) is 4.79 Å². The summed E-state index contributed by atoms with van der Waals surface area (Å²) in [6, 6.07) is 3.70. The first kappa shape index (κ1) is 14.9. The highest BCUT2D eigenvalue weighted by Crippen LogP contribution is 2.27. The lowest BCUT2D eigenvalue weighted by molar-refractivity contribution is 0.151. The Morgan fingerprint density at radius 2 is 2.14 bits per heavy atom. The fourth-order valence-corrected chi connectivity index (χ4v) is 3.46. The van der Waals surface area contributed by atoms with E-state index in [1.54, 1.807) is 12.1 Å². The first-order valence-electron chi connectivity index (χ1n) is 7.20. The number of hydrogen-bond acceptors (Lipinski definition) is 3. The maximum atomic E-state index is 12.6. The zero-order chi connectivity index (χ0) is 15.0. The summed E-state index contributed by atoms with van der Waals surface area (Å²) >= 11 is 12.1. The van der Waals surface area contributed by atoms with Crippen molar-refractivity contribution in [1.29, 1.82) is 0 Å².